The van der Waals surface area contributed by atoms with E-state index in [0.29, 0.717) is 5.56 Å². The molecule has 16 heavy (non-hydrogen) atoms. The second-order valence-electron chi connectivity index (χ2n) is 3.17. The number of aliphatic hydroxyl groups excluding tert-OH is 1. The van der Waals surface area contributed by atoms with Gasteiger partial charge in [0.15, 0.2) is 6.10 Å². The maximum absolute atomic E-state index is 13.0. The molecule has 0 aromatic heterocycles. The molecule has 1 rings (SSSR count). The monoisotopic (exact) mass is 223 g/mol. The molecule has 4 nitrogen and oxygen atoms in total. The van der Waals surface area contributed by atoms with Gasteiger partial charge in [0, 0.05) is 6.42 Å². The van der Waals surface area contributed by atoms with Crippen LogP contribution in [0.25, 0.3) is 0 Å². The first-order valence-electron chi connectivity index (χ1n) is 4.53. The maximum Gasteiger partial charge on any atom is 0.335 e. The van der Waals surface area contributed by atoms with Gasteiger partial charge in [-0.05, 0) is 17.7 Å². The van der Waals surface area contributed by atoms with Gasteiger partial charge in [0.2, 0.25) is 0 Å². The fourth-order valence-corrected chi connectivity index (χ4v) is 1.23. The zero-order chi connectivity index (χ0) is 12.1. The molecule has 1 aromatic carbocycles. The molecule has 0 spiro atoms. The lowest BCUT2D eigenvalue weighted by molar-refractivity contribution is -0.150. The number of rotatable bonds is 3. The molecule has 5 heteroatoms. The minimum Gasteiger partial charge on any atom is -0.467 e. The summed E-state index contributed by atoms with van der Waals surface area (Å²) in [7, 11) is 1.16. The SMILES string of the molecule is COC(=O)C(O)Cc1ccc(F)c(C#N)c1. The Morgan fingerprint density at radius 1 is 1.69 bits per heavy atom. The summed E-state index contributed by atoms with van der Waals surface area (Å²) >= 11 is 0. The Morgan fingerprint density at radius 2 is 2.38 bits per heavy atom. The second kappa shape index (κ2) is 5.24. The van der Waals surface area contributed by atoms with E-state index in [1.165, 1.54) is 12.1 Å². The zero-order valence-corrected chi connectivity index (χ0v) is 8.61. The van der Waals surface area contributed by atoms with E-state index in [1.54, 1.807) is 6.07 Å². The zero-order valence-electron chi connectivity index (χ0n) is 8.61. The summed E-state index contributed by atoms with van der Waals surface area (Å²) in [5.74, 6) is -1.39. The summed E-state index contributed by atoms with van der Waals surface area (Å²) in [5, 5.41) is 17.9. The Bertz CT molecular complexity index is 439. The van der Waals surface area contributed by atoms with Gasteiger partial charge in [-0.3, -0.25) is 0 Å². The van der Waals surface area contributed by atoms with Crippen molar-refractivity contribution in [1.29, 1.82) is 5.26 Å². The van der Waals surface area contributed by atoms with E-state index in [4.69, 9.17) is 5.26 Å². The van der Waals surface area contributed by atoms with Crippen LogP contribution in [0, 0.1) is 17.1 Å². The van der Waals surface area contributed by atoms with Gasteiger partial charge in [0.1, 0.15) is 11.9 Å². The average molecular weight is 223 g/mol. The Labute approximate surface area is 91.9 Å². The molecule has 84 valence electrons. The number of hydrogen-bond acceptors (Lipinski definition) is 4. The third kappa shape index (κ3) is 2.78. The number of nitriles is 1. The summed E-state index contributed by atoms with van der Waals surface area (Å²) in [6.07, 6.45) is -1.32. The quantitative estimate of drug-likeness (QED) is 0.768. The van der Waals surface area contributed by atoms with Gasteiger partial charge in [-0.25, -0.2) is 9.18 Å². The number of benzene rings is 1. The first kappa shape index (κ1) is 12.1. The van der Waals surface area contributed by atoms with Crippen molar-refractivity contribution < 1.29 is 19.0 Å². The van der Waals surface area contributed by atoms with E-state index in [2.05, 4.69) is 4.74 Å². The molecule has 0 heterocycles. The highest BCUT2D eigenvalue weighted by molar-refractivity contribution is 5.74. The molecule has 1 atom stereocenters. The summed E-state index contributed by atoms with van der Waals surface area (Å²) in [6, 6.07) is 5.50. The van der Waals surface area contributed by atoms with Crippen LogP contribution >= 0.6 is 0 Å². The predicted octanol–water partition coefficient (Wildman–Crippen LogP) is 0.774. The highest BCUT2D eigenvalue weighted by Gasteiger charge is 2.16. The molecule has 0 radical (unpaired) electrons. The Hall–Kier alpha value is -1.93. The summed E-state index contributed by atoms with van der Waals surface area (Å²) < 4.78 is 17.3. The first-order valence-corrected chi connectivity index (χ1v) is 4.53. The standard InChI is InChI=1S/C11H10FNO3/c1-16-11(15)10(14)5-7-2-3-9(12)8(4-7)6-13/h2-4,10,14H,5H2,1H3. The minimum absolute atomic E-state index is 0.0123. The van der Waals surface area contributed by atoms with Gasteiger partial charge in [0.25, 0.3) is 0 Å². The molecule has 0 amide bonds. The van der Waals surface area contributed by atoms with E-state index < -0.39 is 17.9 Å². The number of hydrogen-bond donors (Lipinski definition) is 1. The smallest absolute Gasteiger partial charge is 0.335 e. The van der Waals surface area contributed by atoms with Crippen LogP contribution in [0.3, 0.4) is 0 Å². The van der Waals surface area contributed by atoms with Crippen molar-refractivity contribution in [3.05, 3.63) is 35.1 Å². The third-order valence-corrected chi connectivity index (χ3v) is 2.05. The predicted molar refractivity (Wildman–Crippen MR) is 52.8 cm³/mol. The van der Waals surface area contributed by atoms with Crippen LogP contribution in [0.4, 0.5) is 4.39 Å². The highest BCUT2D eigenvalue weighted by Crippen LogP contribution is 2.11. The Morgan fingerprint density at radius 3 is 2.94 bits per heavy atom. The van der Waals surface area contributed by atoms with E-state index >= 15 is 0 Å². The molecule has 0 bridgehead atoms. The normalized spacial score (nSPS) is 11.6. The largest absolute Gasteiger partial charge is 0.467 e. The van der Waals surface area contributed by atoms with Crippen molar-refractivity contribution in [1.82, 2.24) is 0 Å². The lowest BCUT2D eigenvalue weighted by Crippen LogP contribution is -2.24. The van der Waals surface area contributed by atoms with Crippen molar-refractivity contribution in [2.24, 2.45) is 0 Å². The fourth-order valence-electron chi connectivity index (χ4n) is 1.23. The molecule has 0 saturated heterocycles. The molecule has 0 saturated carbocycles. The van der Waals surface area contributed by atoms with Gasteiger partial charge in [-0.1, -0.05) is 6.07 Å². The first-order chi connectivity index (χ1) is 7.58. The van der Waals surface area contributed by atoms with Gasteiger partial charge < -0.3 is 9.84 Å². The molecular weight excluding hydrogens is 213 g/mol. The molecule has 0 aliphatic heterocycles. The number of halogens is 1. The van der Waals surface area contributed by atoms with Crippen LogP contribution in [0.2, 0.25) is 0 Å². The van der Waals surface area contributed by atoms with Crippen LogP contribution < -0.4 is 0 Å². The van der Waals surface area contributed by atoms with E-state index in [1.807, 2.05) is 0 Å². The van der Waals surface area contributed by atoms with E-state index in [-0.39, 0.29) is 12.0 Å². The number of aliphatic hydroxyl groups is 1. The van der Waals surface area contributed by atoms with E-state index in [9.17, 15) is 14.3 Å². The molecule has 1 N–H and O–H groups in total. The average Bonchev–Trinajstić information content (AvgIpc) is 2.30. The Kier molecular flexibility index (Phi) is 3.97. The van der Waals surface area contributed by atoms with Crippen molar-refractivity contribution in [2.45, 2.75) is 12.5 Å². The molecule has 0 fully saturated rings. The summed E-state index contributed by atoms with van der Waals surface area (Å²) in [5.41, 5.74) is 0.380. The maximum atomic E-state index is 13.0. The lowest BCUT2D eigenvalue weighted by atomic mass is 10.1. The highest BCUT2D eigenvalue weighted by atomic mass is 19.1. The number of nitrogens with zero attached hydrogens (tertiary/aromatic N) is 1. The number of carbonyl (C=O) groups excluding carboxylic acids is 1. The minimum atomic E-state index is -1.30. The summed E-state index contributed by atoms with van der Waals surface area (Å²) in [4.78, 5) is 10.9. The van der Waals surface area contributed by atoms with Gasteiger partial charge in [0.05, 0.1) is 12.7 Å². The fraction of sp³-hybridized carbons (Fsp3) is 0.273. The van der Waals surface area contributed by atoms with Crippen LogP contribution in [0.1, 0.15) is 11.1 Å². The lowest BCUT2D eigenvalue weighted by Gasteiger charge is -2.08. The topological polar surface area (TPSA) is 70.3 Å². The van der Waals surface area contributed by atoms with Crippen LogP contribution in [0.5, 0.6) is 0 Å². The van der Waals surface area contributed by atoms with Crippen molar-refractivity contribution >= 4 is 5.97 Å². The van der Waals surface area contributed by atoms with Gasteiger partial charge >= 0.3 is 5.97 Å². The van der Waals surface area contributed by atoms with E-state index in [0.717, 1.165) is 13.2 Å². The van der Waals surface area contributed by atoms with Gasteiger partial charge in [-0.2, -0.15) is 5.26 Å². The van der Waals surface area contributed by atoms with Crippen LogP contribution in [-0.2, 0) is 16.0 Å². The molecule has 0 aliphatic carbocycles. The summed E-state index contributed by atoms with van der Waals surface area (Å²) in [6.45, 7) is 0. The van der Waals surface area contributed by atoms with Gasteiger partial charge in [-0.15, -0.1) is 0 Å². The van der Waals surface area contributed by atoms with Crippen molar-refractivity contribution in [2.75, 3.05) is 7.11 Å². The molecule has 0 aliphatic rings. The number of ether oxygens (including phenoxy) is 1. The second-order valence-corrected chi connectivity index (χ2v) is 3.17. The number of carbonyl (C=O) groups is 1. The molecule has 1 aromatic rings. The van der Waals surface area contributed by atoms with Crippen molar-refractivity contribution in [3.8, 4) is 6.07 Å². The number of methoxy groups -OCH3 is 1. The number of esters is 1. The van der Waals surface area contributed by atoms with Crippen LogP contribution in [0.15, 0.2) is 18.2 Å². The molecular formula is C11H10FNO3. The third-order valence-electron chi connectivity index (χ3n) is 2.05. The Balaban J connectivity index is 2.83. The van der Waals surface area contributed by atoms with Crippen molar-refractivity contribution in [3.63, 3.8) is 0 Å². The van der Waals surface area contributed by atoms with Crippen LogP contribution in [-0.4, -0.2) is 24.3 Å². The molecule has 1 unspecified atom stereocenters.